The molecule has 0 aromatic carbocycles. The number of pyridine rings is 2. The van der Waals surface area contributed by atoms with E-state index >= 15 is 0 Å². The molecule has 3 N–H and O–H groups in total. The van der Waals surface area contributed by atoms with Crippen LogP contribution in [0.4, 0.5) is 10.5 Å². The number of ether oxygens (including phenoxy) is 1. The number of hydrogen-bond donors (Lipinski definition) is 2. The van der Waals surface area contributed by atoms with E-state index in [0.717, 1.165) is 36.3 Å². The molecule has 3 rings (SSSR count). The van der Waals surface area contributed by atoms with Crippen LogP contribution in [0.5, 0.6) is 0 Å². The number of anilines is 1. The zero-order chi connectivity index (χ0) is 24.9. The van der Waals surface area contributed by atoms with Crippen molar-refractivity contribution in [1.29, 1.82) is 0 Å². The lowest BCUT2D eigenvalue weighted by molar-refractivity contribution is 0.0210. The molecule has 0 radical (unpaired) electrons. The Balaban J connectivity index is 1.65. The van der Waals surface area contributed by atoms with Crippen LogP contribution in [-0.2, 0) is 17.7 Å². The predicted molar refractivity (Wildman–Crippen MR) is 132 cm³/mol. The highest BCUT2D eigenvalue weighted by atomic mass is 16.6. The second-order valence-electron chi connectivity index (χ2n) is 10.0. The molecule has 1 aliphatic rings. The summed E-state index contributed by atoms with van der Waals surface area (Å²) in [4.78, 5) is 37.1. The summed E-state index contributed by atoms with van der Waals surface area (Å²) < 4.78 is 5.47. The molecule has 1 aliphatic heterocycles. The van der Waals surface area contributed by atoms with Crippen molar-refractivity contribution < 1.29 is 14.3 Å². The van der Waals surface area contributed by atoms with Gasteiger partial charge in [-0.05, 0) is 65.4 Å². The minimum Gasteiger partial charge on any atom is -0.444 e. The maximum absolute atomic E-state index is 12.3. The number of rotatable bonds is 7. The molecule has 1 fully saturated rings. The summed E-state index contributed by atoms with van der Waals surface area (Å²) in [6, 6.07) is 6.05. The minimum atomic E-state index is -0.529. The molecule has 3 heterocycles. The van der Waals surface area contributed by atoms with E-state index in [4.69, 9.17) is 10.5 Å². The van der Waals surface area contributed by atoms with Crippen molar-refractivity contribution in [3.63, 3.8) is 0 Å². The number of piperidine rings is 1. The largest absolute Gasteiger partial charge is 0.444 e. The van der Waals surface area contributed by atoms with Gasteiger partial charge in [-0.1, -0.05) is 6.07 Å². The third kappa shape index (κ3) is 7.41. The predicted octanol–water partition coefficient (Wildman–Crippen LogP) is 3.04. The smallest absolute Gasteiger partial charge is 0.410 e. The first kappa shape index (κ1) is 25.4. The van der Waals surface area contributed by atoms with Crippen molar-refractivity contribution >= 4 is 17.7 Å². The van der Waals surface area contributed by atoms with E-state index < -0.39 is 11.5 Å². The Morgan fingerprint density at radius 2 is 1.82 bits per heavy atom. The number of carbonyl (C=O) groups is 2. The summed E-state index contributed by atoms with van der Waals surface area (Å²) in [7, 11) is 4.04. The standard InChI is InChI=1S/C25H36N6O3/c1-25(2,3)34-24(33)31-10-8-18(9-11-31)29-22-13-20(28-15-21(22)23(26)32)12-19-7-6-17(14-27-19)16-30(4)5/h6-7,13-15,18H,8-12,16H2,1-5H3,(H2,26,32)(H,28,29). The van der Waals surface area contributed by atoms with Gasteiger partial charge < -0.3 is 25.6 Å². The van der Waals surface area contributed by atoms with Gasteiger partial charge in [0.1, 0.15) is 5.60 Å². The first-order valence-electron chi connectivity index (χ1n) is 11.6. The van der Waals surface area contributed by atoms with Gasteiger partial charge in [-0.15, -0.1) is 0 Å². The summed E-state index contributed by atoms with van der Waals surface area (Å²) in [5.74, 6) is -0.529. The van der Waals surface area contributed by atoms with E-state index in [1.54, 1.807) is 4.90 Å². The van der Waals surface area contributed by atoms with Crippen LogP contribution in [0.25, 0.3) is 0 Å². The van der Waals surface area contributed by atoms with Gasteiger partial charge in [0.05, 0.1) is 11.3 Å². The van der Waals surface area contributed by atoms with Gasteiger partial charge in [-0.25, -0.2) is 4.79 Å². The zero-order valence-electron chi connectivity index (χ0n) is 20.8. The SMILES string of the molecule is CN(C)Cc1ccc(Cc2cc(NC3CCN(C(=O)OC(C)(C)C)CC3)c(C(N)=O)cn2)nc1. The molecular formula is C25H36N6O3. The van der Waals surface area contributed by atoms with Gasteiger partial charge in [0, 0.05) is 55.9 Å². The second kappa shape index (κ2) is 10.8. The molecule has 184 valence electrons. The Hall–Kier alpha value is -3.20. The van der Waals surface area contributed by atoms with Gasteiger partial charge >= 0.3 is 6.09 Å². The molecule has 1 saturated heterocycles. The summed E-state index contributed by atoms with van der Waals surface area (Å²) in [6.45, 7) is 7.58. The van der Waals surface area contributed by atoms with Gasteiger partial charge in [-0.2, -0.15) is 0 Å². The van der Waals surface area contributed by atoms with Crippen LogP contribution < -0.4 is 11.1 Å². The number of likely N-dealkylation sites (tertiary alicyclic amines) is 1. The summed E-state index contributed by atoms with van der Waals surface area (Å²) >= 11 is 0. The maximum atomic E-state index is 12.3. The van der Waals surface area contributed by atoms with Crippen LogP contribution in [0.15, 0.2) is 30.6 Å². The summed E-state index contributed by atoms with van der Waals surface area (Å²) in [5, 5.41) is 3.45. The fraction of sp³-hybridized carbons (Fsp3) is 0.520. The molecule has 2 aromatic heterocycles. The summed E-state index contributed by atoms with van der Waals surface area (Å²) in [5.41, 5.74) is 8.94. The van der Waals surface area contributed by atoms with E-state index in [9.17, 15) is 9.59 Å². The highest BCUT2D eigenvalue weighted by molar-refractivity contribution is 5.98. The van der Waals surface area contributed by atoms with Crippen molar-refractivity contribution in [2.75, 3.05) is 32.5 Å². The third-order valence-electron chi connectivity index (χ3n) is 5.48. The van der Waals surface area contributed by atoms with E-state index in [1.807, 2.05) is 53.2 Å². The maximum Gasteiger partial charge on any atom is 0.410 e. The normalized spacial score (nSPS) is 14.8. The Labute approximate surface area is 201 Å². The molecule has 0 atom stereocenters. The molecule has 2 aromatic rings. The molecule has 0 bridgehead atoms. The van der Waals surface area contributed by atoms with E-state index in [2.05, 4.69) is 26.3 Å². The van der Waals surface area contributed by atoms with Crippen molar-refractivity contribution in [2.45, 2.75) is 58.2 Å². The van der Waals surface area contributed by atoms with Crippen LogP contribution in [0.2, 0.25) is 0 Å². The molecule has 9 heteroatoms. The van der Waals surface area contributed by atoms with Crippen LogP contribution in [-0.4, -0.2) is 70.6 Å². The molecule has 9 nitrogen and oxygen atoms in total. The third-order valence-corrected chi connectivity index (χ3v) is 5.48. The van der Waals surface area contributed by atoms with Crippen LogP contribution in [0, 0.1) is 0 Å². The number of primary amides is 1. The van der Waals surface area contributed by atoms with Crippen molar-refractivity contribution in [1.82, 2.24) is 19.8 Å². The summed E-state index contributed by atoms with van der Waals surface area (Å²) in [6.07, 6.45) is 5.14. The molecule has 2 amide bonds. The number of nitrogens with one attached hydrogen (secondary N) is 1. The van der Waals surface area contributed by atoms with E-state index in [0.29, 0.717) is 30.8 Å². The number of hydrogen-bond acceptors (Lipinski definition) is 7. The Bertz CT molecular complexity index is 993. The van der Waals surface area contributed by atoms with E-state index in [-0.39, 0.29) is 12.1 Å². The van der Waals surface area contributed by atoms with Crippen LogP contribution in [0.1, 0.15) is 60.9 Å². The van der Waals surface area contributed by atoms with E-state index in [1.165, 1.54) is 6.20 Å². The fourth-order valence-corrected chi connectivity index (χ4v) is 3.87. The van der Waals surface area contributed by atoms with Gasteiger partial charge in [-0.3, -0.25) is 14.8 Å². The van der Waals surface area contributed by atoms with Crippen molar-refractivity contribution in [3.05, 3.63) is 53.1 Å². The van der Waals surface area contributed by atoms with Crippen LogP contribution in [0.3, 0.4) is 0 Å². The molecular weight excluding hydrogens is 432 g/mol. The molecule has 0 aliphatic carbocycles. The van der Waals surface area contributed by atoms with Crippen molar-refractivity contribution in [2.24, 2.45) is 5.73 Å². The number of aromatic nitrogens is 2. The Kier molecular flexibility index (Phi) is 8.09. The fourth-order valence-electron chi connectivity index (χ4n) is 3.87. The average Bonchev–Trinajstić information content (AvgIpc) is 2.74. The highest BCUT2D eigenvalue weighted by Gasteiger charge is 2.27. The average molecular weight is 469 g/mol. The zero-order valence-corrected chi connectivity index (χ0v) is 20.8. The van der Waals surface area contributed by atoms with Crippen LogP contribution >= 0.6 is 0 Å². The Morgan fingerprint density at radius 3 is 2.38 bits per heavy atom. The monoisotopic (exact) mass is 468 g/mol. The molecule has 0 spiro atoms. The molecule has 34 heavy (non-hydrogen) atoms. The number of amides is 2. The second-order valence-corrected chi connectivity index (χ2v) is 10.0. The quantitative estimate of drug-likeness (QED) is 0.642. The first-order chi connectivity index (χ1) is 16.0. The number of nitrogens with zero attached hydrogens (tertiary/aromatic N) is 4. The lowest BCUT2D eigenvalue weighted by Crippen LogP contribution is -2.44. The number of carbonyl (C=O) groups excluding carboxylic acids is 2. The van der Waals surface area contributed by atoms with Gasteiger partial charge in [0.15, 0.2) is 0 Å². The van der Waals surface area contributed by atoms with Crippen molar-refractivity contribution in [3.8, 4) is 0 Å². The highest BCUT2D eigenvalue weighted by Crippen LogP contribution is 2.23. The first-order valence-corrected chi connectivity index (χ1v) is 11.6. The lowest BCUT2D eigenvalue weighted by Gasteiger charge is -2.34. The topological polar surface area (TPSA) is 114 Å². The van der Waals surface area contributed by atoms with Gasteiger partial charge in [0.25, 0.3) is 5.91 Å². The Morgan fingerprint density at radius 1 is 1.15 bits per heavy atom. The van der Waals surface area contributed by atoms with Gasteiger partial charge in [0.2, 0.25) is 0 Å². The number of nitrogens with two attached hydrogens (primary N) is 1. The molecule has 0 saturated carbocycles. The lowest BCUT2D eigenvalue weighted by atomic mass is 10.0. The minimum absolute atomic E-state index is 0.107. The molecule has 0 unspecified atom stereocenters.